The second kappa shape index (κ2) is 6.46. The Morgan fingerprint density at radius 2 is 1.76 bits per heavy atom. The van der Waals surface area contributed by atoms with Gasteiger partial charge in [-0.25, -0.2) is 4.98 Å². The van der Waals surface area contributed by atoms with Crippen molar-refractivity contribution in [1.82, 2.24) is 18.9 Å². The zero-order chi connectivity index (χ0) is 20.0. The summed E-state index contributed by atoms with van der Waals surface area (Å²) in [5.74, 6) is 0. The Labute approximate surface area is 165 Å². The topological polar surface area (TPSA) is 85.2 Å². The Morgan fingerprint density at radius 1 is 1.03 bits per heavy atom. The largest absolute Gasteiger partial charge is 0.459 e. The highest BCUT2D eigenvalue weighted by Gasteiger charge is 2.20. The van der Waals surface area contributed by atoms with Crippen LogP contribution < -0.4 is 10.2 Å². The number of hydrogen-bond acceptors (Lipinski definition) is 5. The SMILES string of the molecule is Cn1c2ccccc2n2c3cnc(OCc4ccccc4)nc3c(=O)c(C#N)c12. The number of fused-ring (bicyclic) bond motifs is 5. The zero-order valence-corrected chi connectivity index (χ0v) is 15.5. The van der Waals surface area contributed by atoms with Crippen LogP contribution in [0.2, 0.25) is 0 Å². The van der Waals surface area contributed by atoms with Gasteiger partial charge in [0, 0.05) is 7.05 Å². The molecule has 0 saturated heterocycles. The number of hydrogen-bond donors (Lipinski definition) is 0. The first-order chi connectivity index (χ1) is 14.2. The van der Waals surface area contributed by atoms with Crippen molar-refractivity contribution in [1.29, 1.82) is 5.26 Å². The molecule has 7 nitrogen and oxygen atoms in total. The maximum absolute atomic E-state index is 13.0. The molecule has 0 atom stereocenters. The normalized spacial score (nSPS) is 11.2. The average Bonchev–Trinajstić information content (AvgIpc) is 3.06. The number of para-hydroxylation sites is 2. The molecule has 0 radical (unpaired) electrons. The second-order valence-electron chi connectivity index (χ2n) is 6.68. The van der Waals surface area contributed by atoms with Crippen molar-refractivity contribution < 1.29 is 4.74 Å². The molecule has 0 bridgehead atoms. The lowest BCUT2D eigenvalue weighted by atomic mass is 10.2. The van der Waals surface area contributed by atoms with Crippen molar-refractivity contribution in [2.24, 2.45) is 7.05 Å². The number of aromatic nitrogens is 4. The number of nitrogens with zero attached hydrogens (tertiary/aromatic N) is 5. The van der Waals surface area contributed by atoms with Gasteiger partial charge in [0.2, 0.25) is 5.43 Å². The molecule has 3 heterocycles. The van der Waals surface area contributed by atoms with E-state index in [1.54, 1.807) is 6.20 Å². The van der Waals surface area contributed by atoms with E-state index >= 15 is 0 Å². The number of aryl methyl sites for hydroxylation is 1. The number of pyridine rings is 1. The first kappa shape index (κ1) is 17.0. The number of ether oxygens (including phenoxy) is 1. The van der Waals surface area contributed by atoms with Crippen LogP contribution >= 0.6 is 0 Å². The summed E-state index contributed by atoms with van der Waals surface area (Å²) in [6.07, 6.45) is 1.57. The van der Waals surface area contributed by atoms with Crippen molar-refractivity contribution in [3.05, 3.63) is 82.1 Å². The summed E-state index contributed by atoms with van der Waals surface area (Å²) in [4.78, 5) is 21.7. The predicted molar refractivity (Wildman–Crippen MR) is 109 cm³/mol. The molecular formula is C22H15N5O2. The van der Waals surface area contributed by atoms with Gasteiger partial charge in [-0.05, 0) is 17.7 Å². The highest BCUT2D eigenvalue weighted by atomic mass is 16.5. The predicted octanol–water partition coefficient (Wildman–Crippen LogP) is 3.19. The molecule has 0 aliphatic heterocycles. The summed E-state index contributed by atoms with van der Waals surface area (Å²) in [6, 6.07) is 19.5. The van der Waals surface area contributed by atoms with E-state index in [4.69, 9.17) is 4.74 Å². The summed E-state index contributed by atoms with van der Waals surface area (Å²) >= 11 is 0. The third-order valence-corrected chi connectivity index (χ3v) is 4.99. The van der Waals surface area contributed by atoms with E-state index in [-0.39, 0.29) is 23.7 Å². The minimum atomic E-state index is -0.430. The molecule has 29 heavy (non-hydrogen) atoms. The third kappa shape index (κ3) is 2.54. The quantitative estimate of drug-likeness (QED) is 0.479. The molecule has 5 aromatic rings. The summed E-state index contributed by atoms with van der Waals surface area (Å²) in [7, 11) is 1.84. The molecule has 5 rings (SSSR count). The lowest BCUT2D eigenvalue weighted by Crippen LogP contribution is -2.14. The van der Waals surface area contributed by atoms with Crippen LogP contribution in [0.3, 0.4) is 0 Å². The van der Waals surface area contributed by atoms with E-state index in [9.17, 15) is 10.1 Å². The summed E-state index contributed by atoms with van der Waals surface area (Å²) in [5.41, 5.74) is 3.57. The molecule has 0 amide bonds. The molecule has 0 N–H and O–H groups in total. The van der Waals surface area contributed by atoms with Crippen molar-refractivity contribution in [2.45, 2.75) is 6.61 Å². The zero-order valence-electron chi connectivity index (χ0n) is 15.5. The highest BCUT2D eigenvalue weighted by molar-refractivity contribution is 5.91. The fraction of sp³-hybridized carbons (Fsp3) is 0.0909. The number of benzene rings is 2. The minimum Gasteiger partial charge on any atom is -0.459 e. The van der Waals surface area contributed by atoms with E-state index in [1.807, 2.05) is 70.6 Å². The van der Waals surface area contributed by atoms with Crippen molar-refractivity contribution in [3.8, 4) is 12.1 Å². The Balaban J connectivity index is 1.75. The van der Waals surface area contributed by atoms with Gasteiger partial charge in [0.15, 0.2) is 0 Å². The monoisotopic (exact) mass is 381 g/mol. The van der Waals surface area contributed by atoms with Crippen LogP contribution in [0.15, 0.2) is 65.6 Å². The van der Waals surface area contributed by atoms with Gasteiger partial charge in [-0.15, -0.1) is 0 Å². The van der Waals surface area contributed by atoms with E-state index < -0.39 is 5.43 Å². The van der Waals surface area contributed by atoms with Gasteiger partial charge in [-0.2, -0.15) is 10.2 Å². The maximum atomic E-state index is 13.0. The molecule has 3 aromatic heterocycles. The molecule has 7 heteroatoms. The Bertz CT molecular complexity index is 1490. The summed E-state index contributed by atoms with van der Waals surface area (Å²) in [5, 5.41) is 9.70. The number of rotatable bonds is 3. The molecule has 0 aliphatic rings. The van der Waals surface area contributed by atoms with Gasteiger partial charge in [-0.3, -0.25) is 9.20 Å². The summed E-state index contributed by atoms with van der Waals surface area (Å²) in [6.45, 7) is 0.287. The van der Waals surface area contributed by atoms with Gasteiger partial charge in [0.1, 0.15) is 29.4 Å². The van der Waals surface area contributed by atoms with E-state index in [0.29, 0.717) is 11.2 Å². The molecular weight excluding hydrogens is 366 g/mol. The van der Waals surface area contributed by atoms with Crippen molar-refractivity contribution >= 4 is 27.7 Å². The molecule has 140 valence electrons. The molecule has 2 aromatic carbocycles. The second-order valence-corrected chi connectivity index (χ2v) is 6.68. The molecule has 0 unspecified atom stereocenters. The fourth-order valence-corrected chi connectivity index (χ4v) is 3.64. The fourth-order valence-electron chi connectivity index (χ4n) is 3.64. The first-order valence-corrected chi connectivity index (χ1v) is 9.05. The van der Waals surface area contributed by atoms with Crippen LogP contribution in [0.4, 0.5) is 0 Å². The smallest absolute Gasteiger partial charge is 0.317 e. The Kier molecular flexibility index (Phi) is 3.78. The van der Waals surface area contributed by atoms with Crippen LogP contribution in [0.25, 0.3) is 27.7 Å². The summed E-state index contributed by atoms with van der Waals surface area (Å²) < 4.78 is 9.37. The lowest BCUT2D eigenvalue weighted by molar-refractivity contribution is 0.282. The van der Waals surface area contributed by atoms with Gasteiger partial charge in [0.05, 0.1) is 22.7 Å². The molecule has 0 saturated carbocycles. The van der Waals surface area contributed by atoms with Crippen molar-refractivity contribution in [2.75, 3.05) is 0 Å². The maximum Gasteiger partial charge on any atom is 0.317 e. The van der Waals surface area contributed by atoms with Crippen LogP contribution in [0.5, 0.6) is 6.01 Å². The number of imidazole rings is 1. The third-order valence-electron chi connectivity index (χ3n) is 4.99. The standard InChI is InChI=1S/C22H15N5O2/c1-26-16-9-5-6-10-17(16)27-18-12-24-22(29-13-14-7-3-2-4-8-14)25-19(18)20(28)15(11-23)21(26)27/h2-10,12H,13H2,1H3. The molecule has 0 fully saturated rings. The van der Waals surface area contributed by atoms with Crippen LogP contribution in [-0.2, 0) is 13.7 Å². The van der Waals surface area contributed by atoms with E-state index in [1.165, 1.54) is 0 Å². The van der Waals surface area contributed by atoms with Crippen LogP contribution in [0.1, 0.15) is 11.1 Å². The van der Waals surface area contributed by atoms with E-state index in [0.717, 1.165) is 16.6 Å². The lowest BCUT2D eigenvalue weighted by Gasteiger charge is -2.08. The average molecular weight is 381 g/mol. The van der Waals surface area contributed by atoms with Crippen molar-refractivity contribution in [3.63, 3.8) is 0 Å². The van der Waals surface area contributed by atoms with Crippen LogP contribution in [-0.4, -0.2) is 18.9 Å². The Morgan fingerprint density at radius 3 is 2.52 bits per heavy atom. The molecule has 0 aliphatic carbocycles. The van der Waals surface area contributed by atoms with Gasteiger partial charge in [0.25, 0.3) is 0 Å². The van der Waals surface area contributed by atoms with E-state index in [2.05, 4.69) is 16.0 Å². The minimum absolute atomic E-state index is 0.0453. The number of nitriles is 1. The van der Waals surface area contributed by atoms with Crippen LogP contribution in [0, 0.1) is 11.3 Å². The van der Waals surface area contributed by atoms with Gasteiger partial charge in [-0.1, -0.05) is 42.5 Å². The van der Waals surface area contributed by atoms with Gasteiger partial charge < -0.3 is 9.30 Å². The van der Waals surface area contributed by atoms with Gasteiger partial charge >= 0.3 is 6.01 Å². The Hall–Kier alpha value is -4.18. The highest BCUT2D eigenvalue weighted by Crippen LogP contribution is 2.25. The molecule has 0 spiro atoms. The first-order valence-electron chi connectivity index (χ1n) is 9.05.